The van der Waals surface area contributed by atoms with Gasteiger partial charge in [0.2, 0.25) is 0 Å². The molecular weight excluding hydrogens is 324 g/mol. The van der Waals surface area contributed by atoms with Gasteiger partial charge in [-0.1, -0.05) is 52.5 Å². The van der Waals surface area contributed by atoms with E-state index in [9.17, 15) is 0 Å². The lowest BCUT2D eigenvalue weighted by Gasteiger charge is -2.19. The number of hydrogen-bond acceptors (Lipinski definition) is 1. The van der Waals surface area contributed by atoms with Gasteiger partial charge >= 0.3 is 0 Å². The van der Waals surface area contributed by atoms with Crippen LogP contribution in [0, 0.1) is 0 Å². The van der Waals surface area contributed by atoms with Crippen molar-refractivity contribution < 1.29 is 0 Å². The van der Waals surface area contributed by atoms with Crippen molar-refractivity contribution in [3.8, 4) is 0 Å². The molecule has 0 spiro atoms. The van der Waals surface area contributed by atoms with Crippen LogP contribution in [0.2, 0.25) is 20.1 Å². The number of halogens is 4. The number of hydrogen-bond donors (Lipinski definition) is 1. The number of rotatable bonds is 3. The first-order valence-corrected chi connectivity index (χ1v) is 7.15. The quantitative estimate of drug-likeness (QED) is 0.677. The Morgan fingerprint density at radius 3 is 2.16 bits per heavy atom. The topological polar surface area (TPSA) is 12.0 Å². The second kappa shape index (κ2) is 6.23. The van der Waals surface area contributed by atoms with Gasteiger partial charge in [-0.25, -0.2) is 0 Å². The second-order valence-corrected chi connectivity index (χ2v) is 5.79. The molecular formula is C14H11Cl4N. The minimum absolute atomic E-state index is 0.0661. The van der Waals surface area contributed by atoms with Crippen molar-refractivity contribution in [1.29, 1.82) is 0 Å². The Bertz CT molecular complexity index is 578. The molecule has 1 nitrogen and oxygen atoms in total. The summed E-state index contributed by atoms with van der Waals surface area (Å²) in [5.41, 5.74) is 1.58. The third kappa shape index (κ3) is 3.49. The summed E-state index contributed by atoms with van der Waals surface area (Å²) in [5.74, 6) is 0. The lowest BCUT2D eigenvalue weighted by molar-refractivity contribution is 0.885. The number of anilines is 1. The molecule has 0 aliphatic heterocycles. The molecule has 0 saturated heterocycles. The van der Waals surface area contributed by atoms with Gasteiger partial charge in [-0.15, -0.1) is 0 Å². The fourth-order valence-corrected chi connectivity index (χ4v) is 2.74. The van der Waals surface area contributed by atoms with E-state index in [1.807, 2.05) is 13.0 Å². The molecule has 100 valence electrons. The monoisotopic (exact) mass is 333 g/mol. The highest BCUT2D eigenvalue weighted by Crippen LogP contribution is 2.35. The van der Waals surface area contributed by atoms with Gasteiger partial charge in [0.05, 0.1) is 21.8 Å². The van der Waals surface area contributed by atoms with Gasteiger partial charge in [-0.05, 0) is 42.8 Å². The predicted molar refractivity (Wildman–Crippen MR) is 85.0 cm³/mol. The summed E-state index contributed by atoms with van der Waals surface area (Å²) < 4.78 is 0. The second-order valence-electron chi connectivity index (χ2n) is 4.13. The van der Waals surface area contributed by atoms with Gasteiger partial charge in [0.25, 0.3) is 0 Å². The van der Waals surface area contributed by atoms with Crippen molar-refractivity contribution in [3.05, 3.63) is 62.1 Å². The highest BCUT2D eigenvalue weighted by Gasteiger charge is 2.13. The molecule has 0 aromatic heterocycles. The Kier molecular flexibility index (Phi) is 4.86. The molecule has 2 aromatic rings. The smallest absolute Gasteiger partial charge is 0.0723 e. The Hall–Kier alpha value is -0.600. The molecule has 1 unspecified atom stereocenters. The van der Waals surface area contributed by atoms with E-state index in [1.165, 1.54) is 0 Å². The Labute approximate surface area is 132 Å². The molecule has 0 fully saturated rings. The molecule has 0 saturated carbocycles. The van der Waals surface area contributed by atoms with Crippen LogP contribution in [0.4, 0.5) is 5.69 Å². The molecule has 0 aliphatic rings. The molecule has 0 amide bonds. The summed E-state index contributed by atoms with van der Waals surface area (Å²) in [6.07, 6.45) is 0. The van der Waals surface area contributed by atoms with Crippen LogP contribution in [0.5, 0.6) is 0 Å². The first kappa shape index (κ1) is 14.8. The zero-order valence-electron chi connectivity index (χ0n) is 10.1. The fraction of sp³-hybridized carbons (Fsp3) is 0.143. The van der Waals surface area contributed by atoms with Crippen molar-refractivity contribution in [3.63, 3.8) is 0 Å². The van der Waals surface area contributed by atoms with Gasteiger partial charge in [0.1, 0.15) is 0 Å². The maximum Gasteiger partial charge on any atom is 0.0723 e. The van der Waals surface area contributed by atoms with Crippen molar-refractivity contribution in [2.75, 3.05) is 5.32 Å². The van der Waals surface area contributed by atoms with E-state index in [-0.39, 0.29) is 6.04 Å². The third-order valence-corrected chi connectivity index (χ3v) is 3.96. The molecule has 0 aliphatic carbocycles. The average Bonchev–Trinajstić information content (AvgIpc) is 2.37. The van der Waals surface area contributed by atoms with Crippen LogP contribution in [0.3, 0.4) is 0 Å². The lowest BCUT2D eigenvalue weighted by atomic mass is 10.1. The predicted octanol–water partition coefficient (Wildman–Crippen LogP) is 6.47. The number of benzene rings is 2. The molecule has 5 heteroatoms. The van der Waals surface area contributed by atoms with Crippen LogP contribution < -0.4 is 5.32 Å². The summed E-state index contributed by atoms with van der Waals surface area (Å²) in [5, 5.41) is 5.67. The molecule has 1 N–H and O–H groups in total. The van der Waals surface area contributed by atoms with E-state index < -0.39 is 0 Å². The Morgan fingerprint density at radius 2 is 1.53 bits per heavy atom. The van der Waals surface area contributed by atoms with Gasteiger partial charge < -0.3 is 5.32 Å². The first-order chi connectivity index (χ1) is 8.99. The summed E-state index contributed by atoms with van der Waals surface area (Å²) in [6, 6.07) is 10.6. The zero-order chi connectivity index (χ0) is 14.0. The van der Waals surface area contributed by atoms with Crippen molar-refractivity contribution >= 4 is 52.1 Å². The molecule has 1 atom stereocenters. The maximum atomic E-state index is 6.17. The van der Waals surface area contributed by atoms with Crippen LogP contribution >= 0.6 is 46.4 Å². The minimum Gasteiger partial charge on any atom is -0.376 e. The van der Waals surface area contributed by atoms with Crippen LogP contribution in [0.15, 0.2) is 36.4 Å². The van der Waals surface area contributed by atoms with Crippen LogP contribution in [-0.4, -0.2) is 0 Å². The molecule has 2 rings (SSSR count). The SMILES string of the molecule is CC(Nc1c(Cl)cccc1Cl)c1cc(Cl)ccc1Cl. The van der Waals surface area contributed by atoms with E-state index in [0.717, 1.165) is 5.56 Å². The minimum atomic E-state index is -0.0661. The average molecular weight is 335 g/mol. The van der Waals surface area contributed by atoms with Crippen LogP contribution in [0.25, 0.3) is 0 Å². The number of nitrogens with one attached hydrogen (secondary N) is 1. The lowest BCUT2D eigenvalue weighted by Crippen LogP contribution is -2.08. The van der Waals surface area contributed by atoms with Gasteiger partial charge in [-0.3, -0.25) is 0 Å². The summed E-state index contributed by atoms with van der Waals surface area (Å²) in [6.45, 7) is 1.97. The van der Waals surface area contributed by atoms with E-state index in [4.69, 9.17) is 46.4 Å². The molecule has 0 bridgehead atoms. The molecule has 0 heterocycles. The highest BCUT2D eigenvalue weighted by atomic mass is 35.5. The maximum absolute atomic E-state index is 6.17. The summed E-state index contributed by atoms with van der Waals surface area (Å²) in [7, 11) is 0. The summed E-state index contributed by atoms with van der Waals surface area (Å²) in [4.78, 5) is 0. The Balaban J connectivity index is 2.31. The Morgan fingerprint density at radius 1 is 0.895 bits per heavy atom. The van der Waals surface area contributed by atoms with Crippen molar-refractivity contribution in [1.82, 2.24) is 0 Å². The molecule has 2 aromatic carbocycles. The zero-order valence-corrected chi connectivity index (χ0v) is 13.1. The van der Waals surface area contributed by atoms with Crippen LogP contribution in [0.1, 0.15) is 18.5 Å². The molecule has 19 heavy (non-hydrogen) atoms. The van der Waals surface area contributed by atoms with E-state index in [0.29, 0.717) is 25.8 Å². The van der Waals surface area contributed by atoms with Gasteiger partial charge in [0, 0.05) is 10.0 Å². The van der Waals surface area contributed by atoms with E-state index in [2.05, 4.69) is 5.32 Å². The largest absolute Gasteiger partial charge is 0.376 e. The van der Waals surface area contributed by atoms with Crippen molar-refractivity contribution in [2.45, 2.75) is 13.0 Å². The molecule has 0 radical (unpaired) electrons. The third-order valence-electron chi connectivity index (χ3n) is 2.75. The van der Waals surface area contributed by atoms with Crippen LogP contribution in [-0.2, 0) is 0 Å². The number of para-hydroxylation sites is 1. The van der Waals surface area contributed by atoms with Gasteiger partial charge in [-0.2, -0.15) is 0 Å². The fourth-order valence-electron chi connectivity index (χ4n) is 1.78. The first-order valence-electron chi connectivity index (χ1n) is 5.64. The highest BCUT2D eigenvalue weighted by molar-refractivity contribution is 6.39. The van der Waals surface area contributed by atoms with E-state index in [1.54, 1.807) is 30.3 Å². The van der Waals surface area contributed by atoms with Crippen molar-refractivity contribution in [2.24, 2.45) is 0 Å². The van der Waals surface area contributed by atoms with Gasteiger partial charge in [0.15, 0.2) is 0 Å². The van der Waals surface area contributed by atoms with E-state index >= 15 is 0 Å². The standard InChI is InChI=1S/C14H11Cl4N/c1-8(10-7-9(15)5-6-11(10)16)19-14-12(17)3-2-4-13(14)18/h2-8,19H,1H3. The normalized spacial score (nSPS) is 12.3. The summed E-state index contributed by atoms with van der Waals surface area (Å²) >= 11 is 24.4.